The fourth-order valence-corrected chi connectivity index (χ4v) is 3.49. The minimum Gasteiger partial charge on any atom is -0.337 e. The van der Waals surface area contributed by atoms with Gasteiger partial charge in [0.25, 0.3) is 5.56 Å². The highest BCUT2D eigenvalue weighted by molar-refractivity contribution is 5.92. The van der Waals surface area contributed by atoms with Gasteiger partial charge in [0.1, 0.15) is 16.9 Å². The molecule has 0 N–H and O–H groups in total. The molecule has 0 aliphatic rings. The van der Waals surface area contributed by atoms with Crippen molar-refractivity contribution in [1.82, 2.24) is 14.1 Å². The number of hydrogen-bond donors (Lipinski definition) is 0. The zero-order valence-electron chi connectivity index (χ0n) is 15.8. The first-order chi connectivity index (χ1) is 13.7. The molecule has 0 unspecified atom stereocenters. The lowest BCUT2D eigenvalue weighted by atomic mass is 10.1. The van der Waals surface area contributed by atoms with E-state index in [-0.39, 0.29) is 11.4 Å². The van der Waals surface area contributed by atoms with Gasteiger partial charge in [0.2, 0.25) is 0 Å². The van der Waals surface area contributed by atoms with Gasteiger partial charge in [0.15, 0.2) is 0 Å². The van der Waals surface area contributed by atoms with E-state index >= 15 is 0 Å². The molecule has 0 saturated carbocycles. The van der Waals surface area contributed by atoms with E-state index in [1.165, 1.54) is 12.1 Å². The van der Waals surface area contributed by atoms with Gasteiger partial charge in [-0.05, 0) is 29.7 Å². The minimum atomic E-state index is -0.282. The molecule has 0 aliphatic heterocycles. The third-order valence-corrected chi connectivity index (χ3v) is 4.92. The molecule has 28 heavy (non-hydrogen) atoms. The Hall–Kier alpha value is -3.21. The van der Waals surface area contributed by atoms with Crippen molar-refractivity contribution >= 4 is 11.0 Å². The molecular weight excluding hydrogens is 353 g/mol. The average Bonchev–Trinajstić information content (AvgIpc) is 3.07. The van der Waals surface area contributed by atoms with Crippen LogP contribution in [0.15, 0.2) is 71.9 Å². The van der Waals surface area contributed by atoms with Gasteiger partial charge in [-0.1, -0.05) is 55.8 Å². The second-order valence-electron chi connectivity index (χ2n) is 6.96. The number of fused-ring (bicyclic) bond motifs is 1. The zero-order chi connectivity index (χ0) is 19.5. The lowest BCUT2D eigenvalue weighted by molar-refractivity contribution is 0.605. The van der Waals surface area contributed by atoms with E-state index in [9.17, 15) is 9.18 Å². The Morgan fingerprint density at radius 3 is 2.61 bits per heavy atom. The van der Waals surface area contributed by atoms with Gasteiger partial charge in [0.05, 0.1) is 6.33 Å². The Morgan fingerprint density at radius 2 is 1.86 bits per heavy atom. The summed E-state index contributed by atoms with van der Waals surface area (Å²) in [6.07, 6.45) is 5.51. The van der Waals surface area contributed by atoms with Crippen molar-refractivity contribution in [2.75, 3.05) is 0 Å². The number of benzene rings is 2. The summed E-state index contributed by atoms with van der Waals surface area (Å²) in [5.74, 6) is -0.282. The summed E-state index contributed by atoms with van der Waals surface area (Å²) in [7, 11) is 0. The van der Waals surface area contributed by atoms with Crippen LogP contribution in [0.4, 0.5) is 4.39 Å². The second-order valence-corrected chi connectivity index (χ2v) is 6.96. The van der Waals surface area contributed by atoms with Crippen molar-refractivity contribution in [3.8, 4) is 11.1 Å². The molecule has 0 bridgehead atoms. The molecule has 4 nitrogen and oxygen atoms in total. The van der Waals surface area contributed by atoms with Crippen molar-refractivity contribution in [3.05, 3.63) is 88.9 Å². The number of rotatable bonds is 6. The Balaban J connectivity index is 1.90. The fourth-order valence-electron chi connectivity index (χ4n) is 3.49. The van der Waals surface area contributed by atoms with Gasteiger partial charge >= 0.3 is 0 Å². The molecule has 2 heterocycles. The van der Waals surface area contributed by atoms with E-state index in [1.54, 1.807) is 17.0 Å². The minimum absolute atomic E-state index is 0.0583. The SMILES string of the molecule is CCCCn1cnc2c(-c3ccccc3)cn(Cc3cccc(F)c3)c2c1=O. The van der Waals surface area contributed by atoms with Gasteiger partial charge in [-0.2, -0.15) is 0 Å². The topological polar surface area (TPSA) is 39.8 Å². The van der Waals surface area contributed by atoms with Crippen LogP contribution in [-0.2, 0) is 13.1 Å². The van der Waals surface area contributed by atoms with Crippen LogP contribution in [0, 0.1) is 5.82 Å². The standard InChI is InChI=1S/C23H22FN3O/c1-2-3-12-26-16-25-21-20(18-9-5-4-6-10-18)15-27(22(21)23(26)28)14-17-8-7-11-19(24)13-17/h4-11,13,15-16H,2-3,12,14H2,1H3. The Bertz CT molecular complexity index is 1160. The van der Waals surface area contributed by atoms with Crippen LogP contribution in [0.25, 0.3) is 22.2 Å². The van der Waals surface area contributed by atoms with E-state index in [0.29, 0.717) is 24.1 Å². The molecule has 2 aromatic carbocycles. The summed E-state index contributed by atoms with van der Waals surface area (Å²) in [4.78, 5) is 17.8. The molecule has 0 fully saturated rings. The number of aryl methyl sites for hydroxylation is 1. The summed E-state index contributed by atoms with van der Waals surface area (Å²) >= 11 is 0. The molecule has 4 aromatic rings. The quantitative estimate of drug-likeness (QED) is 0.483. The maximum absolute atomic E-state index is 13.6. The number of unbranched alkanes of at least 4 members (excludes halogenated alkanes) is 1. The first-order valence-corrected chi connectivity index (χ1v) is 9.55. The van der Waals surface area contributed by atoms with E-state index in [4.69, 9.17) is 0 Å². The molecule has 5 heteroatoms. The third-order valence-electron chi connectivity index (χ3n) is 4.92. The molecule has 4 rings (SSSR count). The summed E-state index contributed by atoms with van der Waals surface area (Å²) in [5, 5.41) is 0. The summed E-state index contributed by atoms with van der Waals surface area (Å²) in [6.45, 7) is 3.15. The van der Waals surface area contributed by atoms with Crippen LogP contribution in [0.1, 0.15) is 25.3 Å². The Kier molecular flexibility index (Phi) is 5.06. The monoisotopic (exact) mass is 375 g/mol. The van der Waals surface area contributed by atoms with Crippen LogP contribution in [0.3, 0.4) is 0 Å². The van der Waals surface area contributed by atoms with Crippen LogP contribution in [0.5, 0.6) is 0 Å². The third kappa shape index (κ3) is 3.48. The van der Waals surface area contributed by atoms with Gasteiger partial charge in [0, 0.05) is 24.8 Å². The first kappa shape index (κ1) is 18.2. The molecule has 0 atom stereocenters. The van der Waals surface area contributed by atoms with Crippen LogP contribution >= 0.6 is 0 Å². The number of nitrogens with zero attached hydrogens (tertiary/aromatic N) is 3. The number of hydrogen-bond acceptors (Lipinski definition) is 2. The Labute approximate surface area is 162 Å². The smallest absolute Gasteiger partial charge is 0.277 e. The largest absolute Gasteiger partial charge is 0.337 e. The first-order valence-electron chi connectivity index (χ1n) is 9.55. The lowest BCUT2D eigenvalue weighted by Gasteiger charge is -2.08. The van der Waals surface area contributed by atoms with Crippen LogP contribution < -0.4 is 5.56 Å². The second kappa shape index (κ2) is 7.80. The maximum atomic E-state index is 13.6. The molecular formula is C23H22FN3O. The average molecular weight is 375 g/mol. The zero-order valence-corrected chi connectivity index (χ0v) is 15.8. The van der Waals surface area contributed by atoms with Gasteiger partial charge in [-0.25, -0.2) is 9.37 Å². The van der Waals surface area contributed by atoms with Crippen molar-refractivity contribution < 1.29 is 4.39 Å². The van der Waals surface area contributed by atoms with Crippen LogP contribution in [0.2, 0.25) is 0 Å². The predicted octanol–water partition coefficient (Wildman–Crippen LogP) is 4.85. The van der Waals surface area contributed by atoms with E-state index in [1.807, 2.05) is 47.2 Å². The van der Waals surface area contributed by atoms with Crippen molar-refractivity contribution in [2.45, 2.75) is 32.9 Å². The highest BCUT2D eigenvalue weighted by Crippen LogP contribution is 2.28. The van der Waals surface area contributed by atoms with Gasteiger partial charge in [-0.3, -0.25) is 9.36 Å². The normalized spacial score (nSPS) is 11.2. The van der Waals surface area contributed by atoms with Crippen LogP contribution in [-0.4, -0.2) is 14.1 Å². The summed E-state index contributed by atoms with van der Waals surface area (Å²) in [5.41, 5.74) is 3.90. The molecule has 2 aromatic heterocycles. The highest BCUT2D eigenvalue weighted by atomic mass is 19.1. The van der Waals surface area contributed by atoms with E-state index in [0.717, 1.165) is 29.5 Å². The molecule has 0 saturated heterocycles. The Morgan fingerprint density at radius 1 is 1.04 bits per heavy atom. The summed E-state index contributed by atoms with van der Waals surface area (Å²) in [6, 6.07) is 16.4. The highest BCUT2D eigenvalue weighted by Gasteiger charge is 2.16. The molecule has 0 amide bonds. The summed E-state index contributed by atoms with van der Waals surface area (Å²) < 4.78 is 17.2. The maximum Gasteiger partial charge on any atom is 0.277 e. The van der Waals surface area contributed by atoms with Gasteiger partial charge < -0.3 is 4.57 Å². The fraction of sp³-hybridized carbons (Fsp3) is 0.217. The molecule has 142 valence electrons. The van der Waals surface area contributed by atoms with E-state index < -0.39 is 0 Å². The molecule has 0 spiro atoms. The van der Waals surface area contributed by atoms with Crippen molar-refractivity contribution in [3.63, 3.8) is 0 Å². The molecule has 0 aliphatic carbocycles. The van der Waals surface area contributed by atoms with E-state index in [2.05, 4.69) is 11.9 Å². The van der Waals surface area contributed by atoms with Gasteiger partial charge in [-0.15, -0.1) is 0 Å². The lowest BCUT2D eigenvalue weighted by Crippen LogP contribution is -2.22. The molecule has 0 radical (unpaired) electrons. The van der Waals surface area contributed by atoms with Crippen molar-refractivity contribution in [1.29, 1.82) is 0 Å². The predicted molar refractivity (Wildman–Crippen MR) is 110 cm³/mol. The van der Waals surface area contributed by atoms with Crippen molar-refractivity contribution in [2.24, 2.45) is 0 Å². The number of aromatic nitrogens is 3. The number of halogens is 1.